The third-order valence-electron chi connectivity index (χ3n) is 5.91. The van der Waals surface area contributed by atoms with Crippen LogP contribution in [-0.2, 0) is 15.6 Å². The molecule has 0 radical (unpaired) electrons. The molecule has 6 nitrogen and oxygen atoms in total. The fourth-order valence-electron chi connectivity index (χ4n) is 4.00. The minimum Gasteiger partial charge on any atom is -0.370 e. The van der Waals surface area contributed by atoms with Crippen LogP contribution in [0.5, 0.6) is 0 Å². The van der Waals surface area contributed by atoms with E-state index in [1.54, 1.807) is 42.5 Å². The molecule has 2 aliphatic rings. The number of alkyl halides is 3. The zero-order valence-corrected chi connectivity index (χ0v) is 18.6. The Bertz CT molecular complexity index is 1230. The summed E-state index contributed by atoms with van der Waals surface area (Å²) in [6.45, 7) is 0. The monoisotopic (exact) mass is 477 g/mol. The van der Waals surface area contributed by atoms with Gasteiger partial charge in [0.25, 0.3) is 10.0 Å². The second-order valence-electron chi connectivity index (χ2n) is 7.86. The lowest BCUT2D eigenvalue weighted by Crippen LogP contribution is -2.54. The molecule has 1 heterocycles. The third-order valence-corrected chi connectivity index (χ3v) is 7.71. The van der Waals surface area contributed by atoms with E-state index in [9.17, 15) is 26.7 Å². The molecule has 3 atom stereocenters. The van der Waals surface area contributed by atoms with Crippen molar-refractivity contribution >= 4 is 21.5 Å². The van der Waals surface area contributed by atoms with Crippen LogP contribution in [0, 0.1) is 0 Å². The third kappa shape index (κ3) is 3.72. The van der Waals surface area contributed by atoms with Crippen LogP contribution in [-0.4, -0.2) is 56.6 Å². The van der Waals surface area contributed by atoms with Gasteiger partial charge in [0, 0.05) is 19.7 Å². The number of sulfonamides is 1. The van der Waals surface area contributed by atoms with Crippen molar-refractivity contribution in [3.63, 3.8) is 0 Å². The Labute approximate surface area is 190 Å². The molecule has 3 unspecified atom stereocenters. The van der Waals surface area contributed by atoms with Gasteiger partial charge in [-0.3, -0.25) is 9.30 Å². The molecule has 0 fully saturated rings. The molecule has 0 bridgehead atoms. The number of aliphatic hydroxyl groups is 1. The van der Waals surface area contributed by atoms with Crippen LogP contribution < -0.4 is 4.31 Å². The van der Waals surface area contributed by atoms with E-state index in [2.05, 4.69) is 4.99 Å². The molecule has 2 aromatic carbocycles. The summed E-state index contributed by atoms with van der Waals surface area (Å²) in [5, 5.41) is 11.0. The Morgan fingerprint density at radius 2 is 1.61 bits per heavy atom. The molecule has 10 heteroatoms. The Morgan fingerprint density at radius 3 is 2.18 bits per heavy atom. The van der Waals surface area contributed by atoms with E-state index in [1.807, 2.05) is 0 Å². The molecule has 1 aliphatic heterocycles. The van der Waals surface area contributed by atoms with Gasteiger partial charge in [0.1, 0.15) is 5.84 Å². The van der Waals surface area contributed by atoms with Crippen LogP contribution in [0.2, 0.25) is 0 Å². The van der Waals surface area contributed by atoms with E-state index in [-0.39, 0.29) is 10.6 Å². The van der Waals surface area contributed by atoms with Crippen molar-refractivity contribution in [2.24, 2.45) is 4.99 Å². The summed E-state index contributed by atoms with van der Waals surface area (Å²) in [4.78, 5) is 5.54. The van der Waals surface area contributed by atoms with Crippen LogP contribution in [0.4, 0.5) is 18.9 Å². The predicted octanol–water partition coefficient (Wildman–Crippen LogP) is 3.47. The Balaban J connectivity index is 1.71. The van der Waals surface area contributed by atoms with Crippen LogP contribution >= 0.6 is 0 Å². The van der Waals surface area contributed by atoms with Crippen molar-refractivity contribution in [2.45, 2.75) is 28.8 Å². The maximum absolute atomic E-state index is 14.3. The standard InChI is InChI=1S/C23H22F3N3O3S/c1-28-20-11-7-6-10-19(20)27-21(28)22(30,23(24,25)26)16-12-14-17(15-13-16)29(2)33(31,32)18-8-4-3-5-9-18/h3-15,19-20,30H,1-2H3. The second-order valence-corrected chi connectivity index (χ2v) is 9.82. The first-order valence-corrected chi connectivity index (χ1v) is 11.5. The molecule has 1 N–H and O–H groups in total. The lowest BCUT2D eigenvalue weighted by atomic mass is 9.90. The number of rotatable bonds is 5. The second kappa shape index (κ2) is 8.03. The van der Waals surface area contributed by atoms with E-state index in [1.165, 1.54) is 43.3 Å². The van der Waals surface area contributed by atoms with Gasteiger partial charge in [-0.25, -0.2) is 8.42 Å². The van der Waals surface area contributed by atoms with E-state index in [4.69, 9.17) is 0 Å². The van der Waals surface area contributed by atoms with Gasteiger partial charge < -0.3 is 10.0 Å². The van der Waals surface area contributed by atoms with E-state index in [0.717, 1.165) is 16.4 Å². The molecule has 0 spiro atoms. The topological polar surface area (TPSA) is 73.2 Å². The van der Waals surface area contributed by atoms with Gasteiger partial charge in [-0.1, -0.05) is 54.6 Å². The Hall–Kier alpha value is -3.11. The van der Waals surface area contributed by atoms with E-state index < -0.39 is 45.3 Å². The highest BCUT2D eigenvalue weighted by atomic mass is 32.2. The molecular weight excluding hydrogens is 455 g/mol. The van der Waals surface area contributed by atoms with Crippen LogP contribution in [0.1, 0.15) is 5.56 Å². The van der Waals surface area contributed by atoms with Gasteiger partial charge in [0.2, 0.25) is 5.60 Å². The first-order chi connectivity index (χ1) is 15.5. The van der Waals surface area contributed by atoms with Crippen molar-refractivity contribution in [3.8, 4) is 0 Å². The Kier molecular flexibility index (Phi) is 5.61. The lowest BCUT2D eigenvalue weighted by Gasteiger charge is -2.36. The SMILES string of the molecule is CN1C(C(O)(c2ccc(N(C)S(=O)(=O)c3ccccc3)cc2)C(F)(F)F)=NC2C=CC=CC21. The predicted molar refractivity (Wildman–Crippen MR) is 119 cm³/mol. The van der Waals surface area contributed by atoms with Gasteiger partial charge >= 0.3 is 6.18 Å². The van der Waals surface area contributed by atoms with Crippen LogP contribution in [0.3, 0.4) is 0 Å². The summed E-state index contributed by atoms with van der Waals surface area (Å²) in [6, 6.07) is 11.3. The first-order valence-electron chi connectivity index (χ1n) is 10.1. The smallest absolute Gasteiger partial charge is 0.370 e. The number of hydrogen-bond acceptors (Lipinski definition) is 5. The fourth-order valence-corrected chi connectivity index (χ4v) is 5.22. The normalized spacial score (nSPS) is 22.0. The van der Waals surface area contributed by atoms with Gasteiger partial charge in [-0.05, 0) is 24.3 Å². The van der Waals surface area contributed by atoms with Crippen molar-refractivity contribution < 1.29 is 26.7 Å². The fraction of sp³-hybridized carbons (Fsp3) is 0.261. The van der Waals surface area contributed by atoms with Gasteiger partial charge in [0.05, 0.1) is 22.7 Å². The summed E-state index contributed by atoms with van der Waals surface area (Å²) in [6.07, 6.45) is 1.76. The summed E-state index contributed by atoms with van der Waals surface area (Å²) < 4.78 is 69.4. The molecular formula is C23H22F3N3O3S. The molecule has 2 aromatic rings. The summed E-state index contributed by atoms with van der Waals surface area (Å²) in [5.74, 6) is -0.515. The number of fused-ring (bicyclic) bond motifs is 1. The molecule has 33 heavy (non-hydrogen) atoms. The van der Waals surface area contributed by atoms with Crippen LogP contribution in [0.25, 0.3) is 0 Å². The lowest BCUT2D eigenvalue weighted by molar-refractivity contribution is -0.238. The minimum atomic E-state index is -5.06. The molecule has 0 aromatic heterocycles. The van der Waals surface area contributed by atoms with Crippen molar-refractivity contribution in [2.75, 3.05) is 18.4 Å². The highest BCUT2D eigenvalue weighted by Gasteiger charge is 2.62. The highest BCUT2D eigenvalue weighted by molar-refractivity contribution is 7.92. The van der Waals surface area contributed by atoms with E-state index >= 15 is 0 Å². The zero-order valence-electron chi connectivity index (χ0n) is 17.8. The van der Waals surface area contributed by atoms with Crippen molar-refractivity contribution in [1.82, 2.24) is 4.90 Å². The number of aliphatic imine (C=N–C) groups is 1. The number of nitrogens with zero attached hydrogens (tertiary/aromatic N) is 3. The zero-order chi connectivity index (χ0) is 24.0. The Morgan fingerprint density at radius 1 is 1.00 bits per heavy atom. The number of amidine groups is 1. The summed E-state index contributed by atoms with van der Waals surface area (Å²) in [5.41, 5.74) is -3.68. The molecule has 1 aliphatic carbocycles. The van der Waals surface area contributed by atoms with Gasteiger partial charge in [0.15, 0.2) is 0 Å². The number of benzene rings is 2. The average molecular weight is 478 g/mol. The van der Waals surface area contributed by atoms with E-state index in [0.29, 0.717) is 0 Å². The largest absolute Gasteiger partial charge is 0.428 e. The summed E-state index contributed by atoms with van der Waals surface area (Å²) >= 11 is 0. The summed E-state index contributed by atoms with van der Waals surface area (Å²) in [7, 11) is -1.14. The molecule has 0 saturated carbocycles. The molecule has 0 amide bonds. The van der Waals surface area contributed by atoms with Crippen LogP contribution in [0.15, 0.2) is 88.8 Å². The van der Waals surface area contributed by atoms with Crippen molar-refractivity contribution in [3.05, 3.63) is 84.5 Å². The van der Waals surface area contributed by atoms with Crippen molar-refractivity contribution in [1.29, 1.82) is 0 Å². The number of halogens is 3. The number of hydrogen-bond donors (Lipinski definition) is 1. The highest BCUT2D eigenvalue weighted by Crippen LogP contribution is 2.44. The van der Waals surface area contributed by atoms with Gasteiger partial charge in [-0.15, -0.1) is 0 Å². The molecule has 0 saturated heterocycles. The number of anilines is 1. The number of allylic oxidation sites excluding steroid dienone is 2. The molecule has 174 valence electrons. The number of likely N-dealkylation sites (N-methyl/N-ethyl adjacent to an activating group) is 1. The maximum Gasteiger partial charge on any atom is 0.428 e. The van der Waals surface area contributed by atoms with Gasteiger partial charge in [-0.2, -0.15) is 13.2 Å². The minimum absolute atomic E-state index is 0.0500. The average Bonchev–Trinajstić information content (AvgIpc) is 3.15. The quantitative estimate of drug-likeness (QED) is 0.716. The molecule has 4 rings (SSSR count). The first kappa shape index (κ1) is 23.1. The maximum atomic E-state index is 14.3.